The summed E-state index contributed by atoms with van der Waals surface area (Å²) in [5.41, 5.74) is 2.55. The number of rotatable bonds is 5. The molecule has 0 bridgehead atoms. The maximum Gasteiger partial charge on any atom is 0.226 e. The summed E-state index contributed by atoms with van der Waals surface area (Å²) in [7, 11) is 0. The summed E-state index contributed by atoms with van der Waals surface area (Å²) < 4.78 is 0. The molecule has 0 saturated carbocycles. The van der Waals surface area contributed by atoms with E-state index in [4.69, 9.17) is 23.2 Å². The number of carbonyl (C=O) groups excluding carboxylic acids is 1. The van der Waals surface area contributed by atoms with Crippen molar-refractivity contribution in [3.8, 4) is 0 Å². The van der Waals surface area contributed by atoms with Crippen LogP contribution in [0, 0.1) is 6.92 Å². The zero-order valence-corrected chi connectivity index (χ0v) is 13.1. The molecule has 0 aromatic heterocycles. The molecule has 3 nitrogen and oxygen atoms in total. The van der Waals surface area contributed by atoms with Gasteiger partial charge in [0.1, 0.15) is 0 Å². The molecule has 5 heteroatoms. The number of nitrogens with one attached hydrogen (secondary N) is 2. The van der Waals surface area contributed by atoms with E-state index >= 15 is 0 Å². The minimum Gasteiger partial charge on any atom is -0.383 e. The number of hydrogen-bond donors (Lipinski definition) is 2. The molecular weight excluding hydrogens is 307 g/mol. The maximum atomic E-state index is 11.9. The van der Waals surface area contributed by atoms with Gasteiger partial charge in [-0.05, 0) is 42.8 Å². The summed E-state index contributed by atoms with van der Waals surface area (Å²) in [6, 6.07) is 12.8. The van der Waals surface area contributed by atoms with E-state index < -0.39 is 0 Å². The summed E-state index contributed by atoms with van der Waals surface area (Å²) in [4.78, 5) is 11.9. The molecule has 0 aliphatic rings. The van der Waals surface area contributed by atoms with Gasteiger partial charge >= 0.3 is 0 Å². The average molecular weight is 323 g/mol. The Morgan fingerprint density at radius 2 is 1.86 bits per heavy atom. The second-order valence-corrected chi connectivity index (χ2v) is 5.51. The van der Waals surface area contributed by atoms with Crippen molar-refractivity contribution in [2.45, 2.75) is 13.3 Å². The van der Waals surface area contributed by atoms with Gasteiger partial charge in [0.15, 0.2) is 0 Å². The first-order valence-corrected chi connectivity index (χ1v) is 7.36. The topological polar surface area (TPSA) is 41.1 Å². The van der Waals surface area contributed by atoms with E-state index in [1.807, 2.05) is 31.2 Å². The smallest absolute Gasteiger partial charge is 0.226 e. The van der Waals surface area contributed by atoms with Crippen molar-refractivity contribution in [3.63, 3.8) is 0 Å². The van der Waals surface area contributed by atoms with Crippen molar-refractivity contribution in [3.05, 3.63) is 58.1 Å². The number of para-hydroxylation sites is 1. The van der Waals surface area contributed by atoms with Crippen LogP contribution in [0.15, 0.2) is 42.5 Å². The lowest BCUT2D eigenvalue weighted by Crippen LogP contribution is -2.16. The second-order valence-electron chi connectivity index (χ2n) is 4.66. The van der Waals surface area contributed by atoms with Crippen molar-refractivity contribution in [2.75, 3.05) is 17.2 Å². The van der Waals surface area contributed by atoms with E-state index in [1.54, 1.807) is 18.2 Å². The largest absolute Gasteiger partial charge is 0.383 e. The Labute approximate surface area is 134 Å². The fourth-order valence-electron chi connectivity index (χ4n) is 1.90. The summed E-state index contributed by atoms with van der Waals surface area (Å²) >= 11 is 11.9. The minimum absolute atomic E-state index is 0.0556. The van der Waals surface area contributed by atoms with Gasteiger partial charge in [-0.25, -0.2) is 0 Å². The highest BCUT2D eigenvalue weighted by molar-refractivity contribution is 6.33. The molecule has 0 saturated heterocycles. The van der Waals surface area contributed by atoms with Gasteiger partial charge in [0.25, 0.3) is 0 Å². The molecule has 2 N–H and O–H groups in total. The first-order chi connectivity index (χ1) is 10.1. The van der Waals surface area contributed by atoms with Gasteiger partial charge in [0, 0.05) is 23.7 Å². The van der Waals surface area contributed by atoms with Crippen LogP contribution in [-0.2, 0) is 4.79 Å². The molecule has 0 fully saturated rings. The SMILES string of the molecule is Cc1cc(Cl)ccc1NC(=O)CCNc1ccccc1Cl. The van der Waals surface area contributed by atoms with Crippen LogP contribution in [0.4, 0.5) is 11.4 Å². The van der Waals surface area contributed by atoms with E-state index in [-0.39, 0.29) is 5.91 Å². The van der Waals surface area contributed by atoms with Crippen molar-refractivity contribution in [2.24, 2.45) is 0 Å². The number of anilines is 2. The summed E-state index contributed by atoms with van der Waals surface area (Å²) in [5, 5.41) is 7.31. The van der Waals surface area contributed by atoms with E-state index in [0.717, 1.165) is 16.9 Å². The lowest BCUT2D eigenvalue weighted by molar-refractivity contribution is -0.115. The van der Waals surface area contributed by atoms with Gasteiger partial charge in [-0.1, -0.05) is 35.3 Å². The molecule has 0 aliphatic heterocycles. The molecule has 0 aliphatic carbocycles. The monoisotopic (exact) mass is 322 g/mol. The van der Waals surface area contributed by atoms with E-state index in [1.165, 1.54) is 0 Å². The van der Waals surface area contributed by atoms with Crippen LogP contribution >= 0.6 is 23.2 Å². The number of carbonyl (C=O) groups is 1. The molecule has 110 valence electrons. The minimum atomic E-state index is -0.0556. The summed E-state index contributed by atoms with van der Waals surface area (Å²) in [6.45, 7) is 2.42. The Morgan fingerprint density at radius 3 is 2.57 bits per heavy atom. The summed E-state index contributed by atoms with van der Waals surface area (Å²) in [5.74, 6) is -0.0556. The van der Waals surface area contributed by atoms with E-state index in [2.05, 4.69) is 10.6 Å². The Morgan fingerprint density at radius 1 is 1.10 bits per heavy atom. The fourth-order valence-corrected chi connectivity index (χ4v) is 2.32. The number of amides is 1. The summed E-state index contributed by atoms with van der Waals surface area (Å²) in [6.07, 6.45) is 0.354. The third-order valence-corrected chi connectivity index (χ3v) is 3.57. The standard InChI is InChI=1S/C16H16Cl2N2O/c1-11-10-12(17)6-7-14(11)20-16(21)8-9-19-15-5-3-2-4-13(15)18/h2-7,10,19H,8-9H2,1H3,(H,20,21). The van der Waals surface area contributed by atoms with Gasteiger partial charge in [-0.2, -0.15) is 0 Å². The Kier molecular flexibility index (Phi) is 5.48. The molecule has 0 atom stereocenters. The number of aryl methyl sites for hydroxylation is 1. The third kappa shape index (κ3) is 4.66. The molecule has 1 amide bonds. The molecule has 0 spiro atoms. The second kappa shape index (κ2) is 7.34. The van der Waals surface area contributed by atoms with Gasteiger partial charge in [-0.3, -0.25) is 4.79 Å². The zero-order chi connectivity index (χ0) is 15.2. The van der Waals surface area contributed by atoms with Crippen molar-refractivity contribution in [1.82, 2.24) is 0 Å². The van der Waals surface area contributed by atoms with Crippen LogP contribution in [-0.4, -0.2) is 12.5 Å². The lowest BCUT2D eigenvalue weighted by Gasteiger charge is -2.10. The Balaban J connectivity index is 1.84. The zero-order valence-electron chi connectivity index (χ0n) is 11.6. The highest BCUT2D eigenvalue weighted by atomic mass is 35.5. The van der Waals surface area contributed by atoms with Crippen LogP contribution in [0.5, 0.6) is 0 Å². The van der Waals surface area contributed by atoms with Gasteiger partial charge in [0.05, 0.1) is 10.7 Å². The number of benzene rings is 2. The maximum absolute atomic E-state index is 11.9. The molecule has 2 rings (SSSR count). The first kappa shape index (κ1) is 15.7. The van der Waals surface area contributed by atoms with E-state index in [9.17, 15) is 4.79 Å². The average Bonchev–Trinajstić information content (AvgIpc) is 2.44. The predicted molar refractivity (Wildman–Crippen MR) is 89.4 cm³/mol. The molecular formula is C16H16Cl2N2O. The highest BCUT2D eigenvalue weighted by Gasteiger charge is 2.05. The molecule has 2 aromatic rings. The van der Waals surface area contributed by atoms with Crippen LogP contribution in [0.2, 0.25) is 10.0 Å². The lowest BCUT2D eigenvalue weighted by atomic mass is 10.2. The van der Waals surface area contributed by atoms with Crippen LogP contribution in [0.1, 0.15) is 12.0 Å². The molecule has 0 radical (unpaired) electrons. The molecule has 2 aromatic carbocycles. The molecule has 21 heavy (non-hydrogen) atoms. The third-order valence-electron chi connectivity index (χ3n) is 3.00. The van der Waals surface area contributed by atoms with Gasteiger partial charge in [0.2, 0.25) is 5.91 Å². The van der Waals surface area contributed by atoms with Crippen molar-refractivity contribution >= 4 is 40.5 Å². The molecule has 0 heterocycles. The molecule has 0 unspecified atom stereocenters. The van der Waals surface area contributed by atoms with Gasteiger partial charge < -0.3 is 10.6 Å². The van der Waals surface area contributed by atoms with Crippen molar-refractivity contribution < 1.29 is 4.79 Å². The van der Waals surface area contributed by atoms with Crippen molar-refractivity contribution in [1.29, 1.82) is 0 Å². The fraction of sp³-hybridized carbons (Fsp3) is 0.188. The van der Waals surface area contributed by atoms with Gasteiger partial charge in [-0.15, -0.1) is 0 Å². The predicted octanol–water partition coefficient (Wildman–Crippen LogP) is 4.74. The highest BCUT2D eigenvalue weighted by Crippen LogP contribution is 2.21. The number of hydrogen-bond acceptors (Lipinski definition) is 2. The quantitative estimate of drug-likeness (QED) is 0.834. The normalized spacial score (nSPS) is 10.2. The Bertz CT molecular complexity index is 644. The van der Waals surface area contributed by atoms with Crippen LogP contribution < -0.4 is 10.6 Å². The first-order valence-electron chi connectivity index (χ1n) is 6.60. The van der Waals surface area contributed by atoms with E-state index in [0.29, 0.717) is 23.0 Å². The van der Waals surface area contributed by atoms with Crippen LogP contribution in [0.3, 0.4) is 0 Å². The number of halogens is 2. The van der Waals surface area contributed by atoms with Crippen LogP contribution in [0.25, 0.3) is 0 Å². The Hall–Kier alpha value is -1.71.